The Morgan fingerprint density at radius 1 is 1.19 bits per heavy atom. The highest BCUT2D eigenvalue weighted by Crippen LogP contribution is 2.24. The van der Waals surface area contributed by atoms with E-state index in [4.69, 9.17) is 0 Å². The lowest BCUT2D eigenvalue weighted by Gasteiger charge is -2.13. The molecule has 5 heteroatoms. The number of anilines is 2. The van der Waals surface area contributed by atoms with Crippen LogP contribution in [0.4, 0.5) is 11.4 Å². The van der Waals surface area contributed by atoms with Crippen LogP contribution < -0.4 is 10.6 Å². The normalized spacial score (nSPS) is 11.6. The SMILES string of the molecule is CCC(C)C(=O)Nc1cccc(CNc2cc(C#N)nc3ccccc23)c1. The molecule has 0 spiro atoms. The Morgan fingerprint density at radius 2 is 2.00 bits per heavy atom. The van der Waals surface area contributed by atoms with Crippen molar-refractivity contribution in [3.63, 3.8) is 0 Å². The molecule has 1 amide bonds. The standard InChI is InChI=1S/C22H22N4O/c1-3-15(2)22(27)26-17-8-6-7-16(11-17)14-24-21-12-18(13-23)25-20-10-5-4-9-19(20)21/h4-12,15H,3,14H2,1-2H3,(H,24,25)(H,26,27). The molecule has 0 radical (unpaired) electrons. The summed E-state index contributed by atoms with van der Waals surface area (Å²) >= 11 is 0. The van der Waals surface area contributed by atoms with Crippen LogP contribution in [0.2, 0.25) is 0 Å². The van der Waals surface area contributed by atoms with Gasteiger partial charge in [-0.15, -0.1) is 0 Å². The van der Waals surface area contributed by atoms with E-state index in [1.54, 1.807) is 6.07 Å². The molecule has 3 rings (SSSR count). The smallest absolute Gasteiger partial charge is 0.227 e. The summed E-state index contributed by atoms with van der Waals surface area (Å²) in [6, 6.07) is 19.4. The van der Waals surface area contributed by atoms with Crippen LogP contribution in [0.5, 0.6) is 0 Å². The highest BCUT2D eigenvalue weighted by atomic mass is 16.1. The summed E-state index contributed by atoms with van der Waals surface area (Å²) in [6.07, 6.45) is 0.809. The molecule has 1 unspecified atom stereocenters. The third-order valence-corrected chi connectivity index (χ3v) is 4.57. The molecular weight excluding hydrogens is 336 g/mol. The van der Waals surface area contributed by atoms with Crippen molar-refractivity contribution in [2.45, 2.75) is 26.8 Å². The number of nitriles is 1. The van der Waals surface area contributed by atoms with Crippen LogP contribution in [0.3, 0.4) is 0 Å². The van der Waals surface area contributed by atoms with Crippen LogP contribution in [0.15, 0.2) is 54.6 Å². The second-order valence-corrected chi connectivity index (χ2v) is 6.54. The van der Waals surface area contributed by atoms with E-state index in [0.29, 0.717) is 12.2 Å². The first-order chi connectivity index (χ1) is 13.1. The molecule has 1 aromatic heterocycles. The van der Waals surface area contributed by atoms with Crippen molar-refractivity contribution >= 4 is 28.2 Å². The average Bonchev–Trinajstić information content (AvgIpc) is 2.71. The zero-order valence-electron chi connectivity index (χ0n) is 15.5. The average molecular weight is 358 g/mol. The number of pyridine rings is 1. The predicted molar refractivity (Wildman–Crippen MR) is 108 cm³/mol. The molecule has 0 saturated heterocycles. The summed E-state index contributed by atoms with van der Waals surface area (Å²) < 4.78 is 0. The second-order valence-electron chi connectivity index (χ2n) is 6.54. The summed E-state index contributed by atoms with van der Waals surface area (Å²) in [6.45, 7) is 4.49. The number of nitrogens with zero attached hydrogens (tertiary/aromatic N) is 2. The Balaban J connectivity index is 1.78. The van der Waals surface area contributed by atoms with Gasteiger partial charge in [-0.2, -0.15) is 5.26 Å². The van der Waals surface area contributed by atoms with Crippen LogP contribution in [-0.2, 0) is 11.3 Å². The van der Waals surface area contributed by atoms with E-state index in [0.717, 1.165) is 34.3 Å². The van der Waals surface area contributed by atoms with Crippen molar-refractivity contribution in [2.24, 2.45) is 5.92 Å². The Hall–Kier alpha value is -3.39. The summed E-state index contributed by atoms with van der Waals surface area (Å²) in [5, 5.41) is 16.5. The third kappa shape index (κ3) is 4.42. The van der Waals surface area contributed by atoms with Gasteiger partial charge in [0.05, 0.1) is 5.52 Å². The number of amides is 1. The molecular formula is C22H22N4O. The molecule has 1 atom stereocenters. The molecule has 0 bridgehead atoms. The maximum atomic E-state index is 12.1. The highest BCUT2D eigenvalue weighted by molar-refractivity contribution is 5.93. The fraction of sp³-hybridized carbons (Fsp3) is 0.227. The summed E-state index contributed by atoms with van der Waals surface area (Å²) in [5.41, 5.74) is 3.86. The number of aromatic nitrogens is 1. The van der Waals surface area contributed by atoms with Crippen molar-refractivity contribution in [1.82, 2.24) is 4.98 Å². The molecule has 0 aliphatic rings. The lowest BCUT2D eigenvalue weighted by atomic mass is 10.1. The number of fused-ring (bicyclic) bond motifs is 1. The van der Waals surface area contributed by atoms with E-state index in [9.17, 15) is 10.1 Å². The Bertz CT molecular complexity index is 1010. The number of carbonyl (C=O) groups excluding carboxylic acids is 1. The molecule has 1 heterocycles. The van der Waals surface area contributed by atoms with Crippen molar-refractivity contribution < 1.29 is 4.79 Å². The summed E-state index contributed by atoms with van der Waals surface area (Å²) in [5.74, 6) is 0.0146. The third-order valence-electron chi connectivity index (χ3n) is 4.57. The van der Waals surface area contributed by atoms with Crippen LogP contribution in [0, 0.1) is 17.2 Å². The fourth-order valence-corrected chi connectivity index (χ4v) is 2.79. The van der Waals surface area contributed by atoms with Crippen molar-refractivity contribution in [3.8, 4) is 6.07 Å². The van der Waals surface area contributed by atoms with Gasteiger partial charge in [-0.05, 0) is 36.2 Å². The van der Waals surface area contributed by atoms with Gasteiger partial charge in [0.2, 0.25) is 5.91 Å². The molecule has 3 aromatic rings. The number of rotatable bonds is 6. The number of para-hydroxylation sites is 1. The topological polar surface area (TPSA) is 77.8 Å². The van der Waals surface area contributed by atoms with Gasteiger partial charge < -0.3 is 10.6 Å². The molecule has 0 fully saturated rings. The lowest BCUT2D eigenvalue weighted by Crippen LogP contribution is -2.19. The van der Waals surface area contributed by atoms with E-state index in [1.807, 2.05) is 62.4 Å². The molecule has 27 heavy (non-hydrogen) atoms. The minimum atomic E-state index is -0.0145. The first kappa shape index (κ1) is 18.4. The van der Waals surface area contributed by atoms with Crippen molar-refractivity contribution in [2.75, 3.05) is 10.6 Å². The highest BCUT2D eigenvalue weighted by Gasteiger charge is 2.11. The van der Waals surface area contributed by atoms with Gasteiger partial charge in [-0.25, -0.2) is 4.98 Å². The van der Waals surface area contributed by atoms with Crippen LogP contribution >= 0.6 is 0 Å². The summed E-state index contributed by atoms with van der Waals surface area (Å²) in [7, 11) is 0. The van der Waals surface area contributed by atoms with Crippen LogP contribution in [0.25, 0.3) is 10.9 Å². The van der Waals surface area contributed by atoms with E-state index >= 15 is 0 Å². The molecule has 2 N–H and O–H groups in total. The van der Waals surface area contributed by atoms with Gasteiger partial charge >= 0.3 is 0 Å². The van der Waals surface area contributed by atoms with Crippen LogP contribution in [0.1, 0.15) is 31.5 Å². The molecule has 0 aliphatic heterocycles. The van der Waals surface area contributed by atoms with Crippen LogP contribution in [-0.4, -0.2) is 10.9 Å². The van der Waals surface area contributed by atoms with Gasteiger partial charge in [-0.1, -0.05) is 44.2 Å². The fourth-order valence-electron chi connectivity index (χ4n) is 2.79. The van der Waals surface area contributed by atoms with E-state index in [2.05, 4.69) is 21.7 Å². The molecule has 0 aliphatic carbocycles. The van der Waals surface area contributed by atoms with Crippen molar-refractivity contribution in [3.05, 3.63) is 65.9 Å². The van der Waals surface area contributed by atoms with Gasteiger partial charge in [0, 0.05) is 29.2 Å². The Morgan fingerprint density at radius 3 is 2.78 bits per heavy atom. The maximum Gasteiger partial charge on any atom is 0.227 e. The minimum Gasteiger partial charge on any atom is -0.380 e. The quantitative estimate of drug-likeness (QED) is 0.669. The Labute approximate surface area is 159 Å². The Kier molecular flexibility index (Phi) is 5.68. The lowest BCUT2D eigenvalue weighted by molar-refractivity contribution is -0.119. The zero-order chi connectivity index (χ0) is 19.2. The van der Waals surface area contributed by atoms with Gasteiger partial charge in [0.25, 0.3) is 0 Å². The molecule has 5 nitrogen and oxygen atoms in total. The number of benzene rings is 2. The molecule has 0 saturated carbocycles. The van der Waals surface area contributed by atoms with E-state index in [-0.39, 0.29) is 11.8 Å². The summed E-state index contributed by atoms with van der Waals surface area (Å²) in [4.78, 5) is 16.4. The van der Waals surface area contributed by atoms with Crippen molar-refractivity contribution in [1.29, 1.82) is 5.26 Å². The minimum absolute atomic E-state index is 0.0145. The largest absolute Gasteiger partial charge is 0.380 e. The number of hydrogen-bond acceptors (Lipinski definition) is 4. The number of carbonyl (C=O) groups is 1. The molecule has 2 aromatic carbocycles. The first-order valence-electron chi connectivity index (χ1n) is 9.04. The number of hydrogen-bond donors (Lipinski definition) is 2. The monoisotopic (exact) mass is 358 g/mol. The predicted octanol–water partition coefficient (Wildman–Crippen LogP) is 4.70. The maximum absolute atomic E-state index is 12.1. The molecule has 136 valence electrons. The number of nitrogens with one attached hydrogen (secondary N) is 2. The van der Waals surface area contributed by atoms with Gasteiger partial charge in [0.15, 0.2) is 0 Å². The van der Waals surface area contributed by atoms with E-state index in [1.165, 1.54) is 0 Å². The second kappa shape index (κ2) is 8.33. The zero-order valence-corrected chi connectivity index (χ0v) is 15.5. The van der Waals surface area contributed by atoms with E-state index < -0.39 is 0 Å². The first-order valence-corrected chi connectivity index (χ1v) is 9.04. The van der Waals surface area contributed by atoms with Gasteiger partial charge in [-0.3, -0.25) is 4.79 Å². The van der Waals surface area contributed by atoms with Gasteiger partial charge in [0.1, 0.15) is 11.8 Å².